The number of anilines is 2. The second-order valence-electron chi connectivity index (χ2n) is 3.82. The third-order valence-corrected chi connectivity index (χ3v) is 3.56. The Morgan fingerprint density at radius 2 is 2.21 bits per heavy atom. The van der Waals surface area contributed by atoms with Crippen LogP contribution in [0.15, 0.2) is 33.9 Å². The largest absolute Gasteiger partial charge is 0.383 e. The molecule has 0 amide bonds. The van der Waals surface area contributed by atoms with Crippen molar-refractivity contribution in [3.63, 3.8) is 0 Å². The minimum Gasteiger partial charge on any atom is -0.383 e. The zero-order chi connectivity index (χ0) is 13.9. The predicted molar refractivity (Wildman–Crippen MR) is 70.4 cm³/mol. The third-order valence-electron chi connectivity index (χ3n) is 2.26. The maximum Gasteiger partial charge on any atom is 0.283 e. The average Bonchev–Trinajstić information content (AvgIpc) is 2.75. The molecule has 0 bridgehead atoms. The molecule has 0 radical (unpaired) electrons. The molecular weight excluding hydrogens is 268 g/mol. The smallest absolute Gasteiger partial charge is 0.283 e. The number of aromatic nitrogens is 2. The van der Waals surface area contributed by atoms with Crippen molar-refractivity contribution in [2.24, 2.45) is 0 Å². The van der Waals surface area contributed by atoms with E-state index in [1.807, 2.05) is 6.92 Å². The number of hydrogen-bond donors (Lipinski definition) is 2. The second-order valence-corrected chi connectivity index (χ2v) is 5.42. The molecule has 0 aliphatic carbocycles. The van der Waals surface area contributed by atoms with Gasteiger partial charge in [0.15, 0.2) is 5.03 Å². The molecule has 0 saturated heterocycles. The van der Waals surface area contributed by atoms with Crippen LogP contribution in [-0.2, 0) is 10.0 Å². The summed E-state index contributed by atoms with van der Waals surface area (Å²) >= 11 is 0. The number of hydrogen-bond acceptors (Lipinski definition) is 6. The van der Waals surface area contributed by atoms with Gasteiger partial charge in [-0.2, -0.15) is 8.42 Å². The van der Waals surface area contributed by atoms with E-state index in [0.29, 0.717) is 17.9 Å². The Morgan fingerprint density at radius 1 is 1.42 bits per heavy atom. The fourth-order valence-electron chi connectivity index (χ4n) is 1.52. The van der Waals surface area contributed by atoms with E-state index in [1.54, 1.807) is 19.1 Å². The molecule has 2 aromatic rings. The topological polar surface area (TPSA) is 97.1 Å². The lowest BCUT2D eigenvalue weighted by Crippen LogP contribution is -2.16. The van der Waals surface area contributed by atoms with Crippen LogP contribution in [0.5, 0.6) is 0 Å². The molecule has 0 aliphatic rings. The Balaban J connectivity index is 2.34. The van der Waals surface area contributed by atoms with Crippen molar-refractivity contribution in [3.05, 3.63) is 30.1 Å². The molecule has 0 saturated carbocycles. The van der Waals surface area contributed by atoms with Crippen molar-refractivity contribution >= 4 is 21.6 Å². The molecule has 0 aromatic carbocycles. The maximum absolute atomic E-state index is 12.2. The van der Waals surface area contributed by atoms with Crippen LogP contribution in [0, 0.1) is 6.92 Å². The fourth-order valence-corrected chi connectivity index (χ4v) is 2.61. The van der Waals surface area contributed by atoms with Gasteiger partial charge in [0.1, 0.15) is 0 Å². The number of aryl methyl sites for hydroxylation is 1. The van der Waals surface area contributed by atoms with Crippen molar-refractivity contribution in [2.45, 2.75) is 18.9 Å². The molecule has 2 N–H and O–H groups in total. The standard InChI is InChI=1S/C11H14N4O3S/c1-3-12-9-5-4-6-13-11(9)19(16,17)15-10-7-8(2)14-18-10/h4-7,12,15H,3H2,1-2H3. The first-order valence-corrected chi connectivity index (χ1v) is 7.16. The maximum atomic E-state index is 12.2. The van der Waals surface area contributed by atoms with E-state index in [0.717, 1.165) is 0 Å². The van der Waals surface area contributed by atoms with Gasteiger partial charge in [-0.1, -0.05) is 5.16 Å². The Labute approximate surface area is 111 Å². The van der Waals surface area contributed by atoms with E-state index in [-0.39, 0.29) is 10.9 Å². The molecule has 0 atom stereocenters. The predicted octanol–water partition coefficient (Wildman–Crippen LogP) is 1.61. The summed E-state index contributed by atoms with van der Waals surface area (Å²) in [5.41, 5.74) is 1.03. The molecule has 7 nitrogen and oxygen atoms in total. The van der Waals surface area contributed by atoms with Crippen LogP contribution in [0.2, 0.25) is 0 Å². The number of nitrogens with zero attached hydrogens (tertiary/aromatic N) is 2. The van der Waals surface area contributed by atoms with Gasteiger partial charge in [-0.15, -0.1) is 0 Å². The van der Waals surface area contributed by atoms with Crippen molar-refractivity contribution in [1.29, 1.82) is 0 Å². The van der Waals surface area contributed by atoms with E-state index >= 15 is 0 Å². The van der Waals surface area contributed by atoms with Gasteiger partial charge in [0.2, 0.25) is 5.88 Å². The summed E-state index contributed by atoms with van der Waals surface area (Å²) in [4.78, 5) is 3.90. The lowest BCUT2D eigenvalue weighted by Gasteiger charge is -2.09. The molecule has 2 heterocycles. The van der Waals surface area contributed by atoms with Crippen LogP contribution in [0.3, 0.4) is 0 Å². The number of nitrogens with one attached hydrogen (secondary N) is 2. The van der Waals surface area contributed by atoms with E-state index in [1.165, 1.54) is 12.3 Å². The van der Waals surface area contributed by atoms with Gasteiger partial charge >= 0.3 is 0 Å². The van der Waals surface area contributed by atoms with Crippen molar-refractivity contribution in [3.8, 4) is 0 Å². The summed E-state index contributed by atoms with van der Waals surface area (Å²) in [5.74, 6) is 0.0607. The number of pyridine rings is 1. The van der Waals surface area contributed by atoms with Gasteiger partial charge < -0.3 is 9.84 Å². The molecule has 0 aliphatic heterocycles. The first-order valence-electron chi connectivity index (χ1n) is 5.68. The summed E-state index contributed by atoms with van der Waals surface area (Å²) in [7, 11) is -3.81. The lowest BCUT2D eigenvalue weighted by molar-refractivity contribution is 0.430. The Kier molecular flexibility index (Phi) is 3.70. The summed E-state index contributed by atoms with van der Waals surface area (Å²) in [5, 5.41) is 6.48. The van der Waals surface area contributed by atoms with E-state index in [9.17, 15) is 8.42 Å². The van der Waals surface area contributed by atoms with Gasteiger partial charge in [-0.25, -0.2) is 9.71 Å². The first kappa shape index (κ1) is 13.3. The van der Waals surface area contributed by atoms with Gasteiger partial charge in [0.05, 0.1) is 11.4 Å². The van der Waals surface area contributed by atoms with Gasteiger partial charge in [-0.3, -0.25) is 0 Å². The number of sulfonamides is 1. The lowest BCUT2D eigenvalue weighted by atomic mass is 10.4. The molecule has 2 aromatic heterocycles. The van der Waals surface area contributed by atoms with Crippen molar-refractivity contribution < 1.29 is 12.9 Å². The zero-order valence-corrected chi connectivity index (χ0v) is 11.4. The summed E-state index contributed by atoms with van der Waals surface area (Å²) in [6, 6.07) is 4.81. The van der Waals surface area contributed by atoms with Crippen LogP contribution in [0.1, 0.15) is 12.6 Å². The van der Waals surface area contributed by atoms with Crippen LogP contribution >= 0.6 is 0 Å². The third kappa shape index (κ3) is 3.02. The minimum atomic E-state index is -3.81. The van der Waals surface area contributed by atoms with E-state index < -0.39 is 10.0 Å². The Morgan fingerprint density at radius 3 is 2.84 bits per heavy atom. The van der Waals surface area contributed by atoms with Crippen LogP contribution in [-0.4, -0.2) is 25.1 Å². The summed E-state index contributed by atoms with van der Waals surface area (Å²) in [6.45, 7) is 4.17. The molecular formula is C11H14N4O3S. The quantitative estimate of drug-likeness (QED) is 0.864. The highest BCUT2D eigenvalue weighted by Gasteiger charge is 2.21. The van der Waals surface area contributed by atoms with Crippen LogP contribution in [0.25, 0.3) is 0 Å². The van der Waals surface area contributed by atoms with E-state index in [4.69, 9.17) is 4.52 Å². The highest BCUT2D eigenvalue weighted by molar-refractivity contribution is 7.92. The molecule has 0 spiro atoms. The minimum absolute atomic E-state index is 0.0607. The first-order chi connectivity index (χ1) is 9.03. The highest BCUT2D eigenvalue weighted by Crippen LogP contribution is 2.21. The molecule has 8 heteroatoms. The van der Waals surface area contributed by atoms with Crippen LogP contribution < -0.4 is 10.0 Å². The fraction of sp³-hybridized carbons (Fsp3) is 0.273. The number of rotatable bonds is 5. The molecule has 102 valence electrons. The molecule has 19 heavy (non-hydrogen) atoms. The highest BCUT2D eigenvalue weighted by atomic mass is 32.2. The van der Waals surface area contributed by atoms with Gasteiger partial charge in [-0.05, 0) is 26.0 Å². The Bertz CT molecular complexity index is 666. The normalized spacial score (nSPS) is 11.3. The second kappa shape index (κ2) is 5.27. The van der Waals surface area contributed by atoms with Gasteiger partial charge in [0, 0.05) is 18.8 Å². The molecule has 2 rings (SSSR count). The monoisotopic (exact) mass is 282 g/mol. The van der Waals surface area contributed by atoms with E-state index in [2.05, 4.69) is 20.2 Å². The zero-order valence-electron chi connectivity index (χ0n) is 10.5. The van der Waals surface area contributed by atoms with Crippen molar-refractivity contribution in [1.82, 2.24) is 10.1 Å². The average molecular weight is 282 g/mol. The Hall–Kier alpha value is -2.09. The van der Waals surface area contributed by atoms with Crippen molar-refractivity contribution in [2.75, 3.05) is 16.6 Å². The SMILES string of the molecule is CCNc1cccnc1S(=O)(=O)Nc1cc(C)no1. The van der Waals surface area contributed by atoms with Gasteiger partial charge in [0.25, 0.3) is 10.0 Å². The molecule has 0 unspecified atom stereocenters. The summed E-state index contributed by atoms with van der Waals surface area (Å²) in [6.07, 6.45) is 1.42. The molecule has 0 fully saturated rings. The summed E-state index contributed by atoms with van der Waals surface area (Å²) < 4.78 is 31.5. The van der Waals surface area contributed by atoms with Crippen LogP contribution in [0.4, 0.5) is 11.6 Å².